The minimum Gasteiger partial charge on any atom is -0.464 e. The Bertz CT molecular complexity index is 441. The number of likely N-dealkylation sites (tertiary alicyclic amines) is 1. The molecule has 0 saturated carbocycles. The molecule has 1 amide bonds. The number of rotatable bonds is 17. The highest BCUT2D eigenvalue weighted by molar-refractivity contribution is 5.81. The predicted molar refractivity (Wildman–Crippen MR) is 123 cm³/mol. The molecular formula is C25H47NO4. The molecule has 176 valence electrons. The van der Waals surface area contributed by atoms with Crippen LogP contribution in [0.25, 0.3) is 0 Å². The van der Waals surface area contributed by atoms with Crippen molar-refractivity contribution in [3.8, 4) is 0 Å². The number of unbranched alkanes of at least 4 members (excludes halogenated alkanes) is 12. The number of hydrogen-bond acceptors (Lipinski definition) is 4. The van der Waals surface area contributed by atoms with Gasteiger partial charge in [0.25, 0.3) is 0 Å². The fourth-order valence-electron chi connectivity index (χ4n) is 4.02. The van der Waals surface area contributed by atoms with Crippen molar-refractivity contribution in [2.24, 2.45) is 0 Å². The lowest BCUT2D eigenvalue weighted by atomic mass is 10.0. The highest BCUT2D eigenvalue weighted by Gasteiger charge is 2.34. The molecule has 1 aliphatic heterocycles. The molecule has 5 heteroatoms. The predicted octanol–water partition coefficient (Wildman–Crippen LogP) is 7.02. The second-order valence-corrected chi connectivity index (χ2v) is 8.73. The van der Waals surface area contributed by atoms with Gasteiger partial charge in [-0.1, -0.05) is 90.9 Å². The van der Waals surface area contributed by atoms with Crippen molar-refractivity contribution in [2.45, 2.75) is 129 Å². The first kappa shape index (κ1) is 26.8. The van der Waals surface area contributed by atoms with E-state index in [2.05, 4.69) is 13.8 Å². The highest BCUT2D eigenvalue weighted by Crippen LogP contribution is 2.20. The summed E-state index contributed by atoms with van der Waals surface area (Å²) in [5.74, 6) is -0.255. The largest absolute Gasteiger partial charge is 0.464 e. The van der Waals surface area contributed by atoms with Gasteiger partial charge >= 0.3 is 12.1 Å². The number of esters is 1. The molecule has 5 nitrogen and oxygen atoms in total. The Morgan fingerprint density at radius 1 is 0.700 bits per heavy atom. The Kier molecular flexibility index (Phi) is 16.5. The number of nitrogens with zero attached hydrogens (tertiary/aromatic N) is 1. The lowest BCUT2D eigenvalue weighted by Crippen LogP contribution is -2.49. The first-order chi connectivity index (χ1) is 14.7. The number of ether oxygens (including phenoxy) is 2. The fraction of sp³-hybridized carbons (Fsp3) is 0.920. The molecule has 1 aliphatic rings. The maximum atomic E-state index is 12.5. The number of amides is 1. The van der Waals surface area contributed by atoms with E-state index in [1.165, 1.54) is 64.2 Å². The fourth-order valence-corrected chi connectivity index (χ4v) is 4.02. The normalized spacial score (nSPS) is 16.5. The van der Waals surface area contributed by atoms with Crippen molar-refractivity contribution < 1.29 is 19.1 Å². The summed E-state index contributed by atoms with van der Waals surface area (Å²) in [6.07, 6.45) is 18.9. The van der Waals surface area contributed by atoms with Crippen molar-refractivity contribution >= 4 is 12.1 Å². The zero-order chi connectivity index (χ0) is 21.9. The third-order valence-electron chi connectivity index (χ3n) is 5.98. The van der Waals surface area contributed by atoms with Gasteiger partial charge in [0.15, 0.2) is 0 Å². The van der Waals surface area contributed by atoms with Gasteiger partial charge < -0.3 is 9.47 Å². The van der Waals surface area contributed by atoms with Crippen LogP contribution < -0.4 is 0 Å². The zero-order valence-corrected chi connectivity index (χ0v) is 19.8. The molecule has 1 atom stereocenters. The van der Waals surface area contributed by atoms with Gasteiger partial charge in [-0.2, -0.15) is 0 Å². The van der Waals surface area contributed by atoms with Gasteiger partial charge in [0.2, 0.25) is 0 Å². The molecule has 0 aromatic carbocycles. The second-order valence-electron chi connectivity index (χ2n) is 8.73. The van der Waals surface area contributed by atoms with Crippen LogP contribution in [0.3, 0.4) is 0 Å². The van der Waals surface area contributed by atoms with Gasteiger partial charge in [0, 0.05) is 6.54 Å². The molecule has 0 aromatic heterocycles. The maximum absolute atomic E-state index is 12.5. The summed E-state index contributed by atoms with van der Waals surface area (Å²) in [4.78, 5) is 26.6. The molecule has 0 spiro atoms. The van der Waals surface area contributed by atoms with Crippen LogP contribution >= 0.6 is 0 Å². The standard InChI is InChI=1S/C25H47NO4/c1-3-5-7-9-11-12-14-17-21-29-24(27)23-19-15-16-20-26(23)25(28)30-22-18-13-10-8-6-4-2/h23H,3-22H2,1-2H3. The van der Waals surface area contributed by atoms with Crippen molar-refractivity contribution in [2.75, 3.05) is 19.8 Å². The number of carbonyl (C=O) groups excluding carboxylic acids is 2. The lowest BCUT2D eigenvalue weighted by Gasteiger charge is -2.33. The first-order valence-electron chi connectivity index (χ1n) is 12.8. The Hall–Kier alpha value is -1.26. The smallest absolute Gasteiger partial charge is 0.410 e. The van der Waals surface area contributed by atoms with Gasteiger partial charge in [-0.15, -0.1) is 0 Å². The van der Waals surface area contributed by atoms with Crippen LogP contribution in [-0.4, -0.2) is 42.8 Å². The lowest BCUT2D eigenvalue weighted by molar-refractivity contribution is -0.150. The van der Waals surface area contributed by atoms with E-state index in [0.717, 1.165) is 38.5 Å². The van der Waals surface area contributed by atoms with Crippen LogP contribution in [0.15, 0.2) is 0 Å². The molecule has 1 fully saturated rings. The Balaban J connectivity index is 2.18. The molecule has 1 heterocycles. The van der Waals surface area contributed by atoms with Crippen LogP contribution in [0.5, 0.6) is 0 Å². The number of piperidine rings is 1. The number of hydrogen-bond donors (Lipinski definition) is 0. The van der Waals surface area contributed by atoms with E-state index in [1.54, 1.807) is 4.90 Å². The van der Waals surface area contributed by atoms with E-state index in [4.69, 9.17) is 9.47 Å². The van der Waals surface area contributed by atoms with Gasteiger partial charge in [0.05, 0.1) is 13.2 Å². The van der Waals surface area contributed by atoms with Crippen LogP contribution in [-0.2, 0) is 14.3 Å². The van der Waals surface area contributed by atoms with E-state index in [9.17, 15) is 9.59 Å². The van der Waals surface area contributed by atoms with E-state index < -0.39 is 6.04 Å². The highest BCUT2D eigenvalue weighted by atomic mass is 16.6. The molecule has 0 N–H and O–H groups in total. The molecule has 1 saturated heterocycles. The molecule has 1 rings (SSSR count). The summed E-state index contributed by atoms with van der Waals surface area (Å²) >= 11 is 0. The van der Waals surface area contributed by atoms with Gasteiger partial charge in [-0.05, 0) is 32.1 Å². The van der Waals surface area contributed by atoms with Crippen LogP contribution in [0.2, 0.25) is 0 Å². The first-order valence-corrected chi connectivity index (χ1v) is 12.8. The molecule has 0 aliphatic carbocycles. The van der Waals surface area contributed by atoms with Crippen molar-refractivity contribution in [3.63, 3.8) is 0 Å². The van der Waals surface area contributed by atoms with Gasteiger partial charge in [0.1, 0.15) is 6.04 Å². The van der Waals surface area contributed by atoms with Crippen molar-refractivity contribution in [3.05, 3.63) is 0 Å². The molecule has 0 bridgehead atoms. The Morgan fingerprint density at radius 2 is 1.20 bits per heavy atom. The third-order valence-corrected chi connectivity index (χ3v) is 5.98. The van der Waals surface area contributed by atoms with Crippen LogP contribution in [0, 0.1) is 0 Å². The van der Waals surface area contributed by atoms with Crippen LogP contribution in [0.1, 0.15) is 123 Å². The summed E-state index contributed by atoms with van der Waals surface area (Å²) in [6.45, 7) is 5.94. The van der Waals surface area contributed by atoms with Gasteiger partial charge in [-0.25, -0.2) is 9.59 Å². The summed E-state index contributed by atoms with van der Waals surface area (Å²) in [5, 5.41) is 0. The summed E-state index contributed by atoms with van der Waals surface area (Å²) in [6, 6.07) is -0.468. The monoisotopic (exact) mass is 425 g/mol. The topological polar surface area (TPSA) is 55.8 Å². The average molecular weight is 426 g/mol. The molecule has 0 aromatic rings. The van der Waals surface area contributed by atoms with Crippen molar-refractivity contribution in [1.29, 1.82) is 0 Å². The van der Waals surface area contributed by atoms with Crippen LogP contribution in [0.4, 0.5) is 4.79 Å². The minimum absolute atomic E-state index is 0.255. The summed E-state index contributed by atoms with van der Waals surface area (Å²) in [5.41, 5.74) is 0. The third kappa shape index (κ3) is 12.4. The summed E-state index contributed by atoms with van der Waals surface area (Å²) in [7, 11) is 0. The molecular weight excluding hydrogens is 378 g/mol. The minimum atomic E-state index is -0.468. The molecule has 1 unspecified atom stereocenters. The zero-order valence-electron chi connectivity index (χ0n) is 19.8. The number of carbonyl (C=O) groups is 2. The van der Waals surface area contributed by atoms with E-state index in [1.807, 2.05) is 0 Å². The van der Waals surface area contributed by atoms with Crippen molar-refractivity contribution in [1.82, 2.24) is 4.90 Å². The molecule has 30 heavy (non-hydrogen) atoms. The van der Waals surface area contributed by atoms with E-state index in [0.29, 0.717) is 26.2 Å². The van der Waals surface area contributed by atoms with Gasteiger partial charge in [-0.3, -0.25) is 4.90 Å². The molecule has 0 radical (unpaired) electrons. The SMILES string of the molecule is CCCCCCCCCCOC(=O)C1CCCCN1C(=O)OCCCCCCCC. The van der Waals surface area contributed by atoms with E-state index in [-0.39, 0.29) is 12.1 Å². The average Bonchev–Trinajstić information content (AvgIpc) is 2.77. The Morgan fingerprint density at radius 3 is 1.77 bits per heavy atom. The Labute approximate surface area is 185 Å². The quantitative estimate of drug-likeness (QED) is 0.185. The second kappa shape index (κ2) is 18.5. The maximum Gasteiger partial charge on any atom is 0.410 e. The van der Waals surface area contributed by atoms with E-state index >= 15 is 0 Å². The summed E-state index contributed by atoms with van der Waals surface area (Å²) < 4.78 is 10.9.